The molecule has 1 aliphatic heterocycles. The normalized spacial score (nSPS) is 20.1. The smallest absolute Gasteiger partial charge is 0.334 e. The van der Waals surface area contributed by atoms with Gasteiger partial charge in [0.05, 0.1) is 0 Å². The summed E-state index contributed by atoms with van der Waals surface area (Å²) in [5, 5.41) is 0. The van der Waals surface area contributed by atoms with Gasteiger partial charge in [-0.25, -0.2) is 4.79 Å². The van der Waals surface area contributed by atoms with Crippen LogP contribution in [0.5, 0.6) is 5.75 Å². The van der Waals surface area contributed by atoms with Crippen LogP contribution in [0.4, 0.5) is 0 Å². The van der Waals surface area contributed by atoms with Crippen molar-refractivity contribution in [3.05, 3.63) is 53.1 Å². The molecule has 1 aromatic carbocycles. The van der Waals surface area contributed by atoms with Gasteiger partial charge in [-0.3, -0.25) is 4.79 Å². The van der Waals surface area contributed by atoms with Crippen LogP contribution in [-0.4, -0.2) is 17.9 Å². The number of rotatable bonds is 4. The lowest BCUT2D eigenvalue weighted by molar-refractivity contribution is -0.146. The molecule has 0 aliphatic carbocycles. The Hall–Kier alpha value is -2.36. The molecule has 0 saturated carbocycles. The molecule has 0 aromatic heterocycles. The average molecular weight is 300 g/mol. The maximum Gasteiger partial charge on any atom is 0.334 e. The topological polar surface area (TPSA) is 52.6 Å². The molecule has 0 unspecified atom stereocenters. The van der Waals surface area contributed by atoms with Crippen molar-refractivity contribution in [2.75, 3.05) is 0 Å². The molecule has 0 amide bonds. The van der Waals surface area contributed by atoms with Crippen molar-refractivity contribution in [1.82, 2.24) is 0 Å². The van der Waals surface area contributed by atoms with Gasteiger partial charge in [0.2, 0.25) is 0 Å². The number of ketones is 1. The largest absolute Gasteiger partial charge is 0.481 e. The van der Waals surface area contributed by atoms with Crippen LogP contribution >= 0.6 is 0 Å². The van der Waals surface area contributed by atoms with Crippen LogP contribution in [-0.2, 0) is 9.53 Å². The van der Waals surface area contributed by atoms with Crippen LogP contribution in [0.1, 0.15) is 49.7 Å². The molecule has 1 heterocycles. The number of allylic oxidation sites excluding steroid dienone is 1. The summed E-state index contributed by atoms with van der Waals surface area (Å²) in [6.07, 6.45) is 0.667. The van der Waals surface area contributed by atoms with Crippen LogP contribution in [0.25, 0.3) is 0 Å². The van der Waals surface area contributed by atoms with Gasteiger partial charge in [0.25, 0.3) is 0 Å². The second kappa shape index (κ2) is 6.18. The van der Waals surface area contributed by atoms with Gasteiger partial charge in [-0.1, -0.05) is 12.7 Å². The number of carbonyl (C=O) groups is 2. The van der Waals surface area contributed by atoms with E-state index in [1.807, 2.05) is 6.92 Å². The average Bonchev–Trinajstić information content (AvgIpc) is 2.84. The lowest BCUT2D eigenvalue weighted by atomic mass is 9.99. The van der Waals surface area contributed by atoms with E-state index >= 15 is 0 Å². The van der Waals surface area contributed by atoms with E-state index in [0.717, 1.165) is 5.57 Å². The van der Waals surface area contributed by atoms with Gasteiger partial charge < -0.3 is 9.47 Å². The van der Waals surface area contributed by atoms with E-state index < -0.39 is 18.2 Å². The number of esters is 1. The predicted molar refractivity (Wildman–Crippen MR) is 83.9 cm³/mol. The second-order valence-corrected chi connectivity index (χ2v) is 5.49. The Labute approximate surface area is 130 Å². The van der Waals surface area contributed by atoms with Gasteiger partial charge in [-0.2, -0.15) is 0 Å². The third-order valence-corrected chi connectivity index (χ3v) is 3.73. The van der Waals surface area contributed by atoms with Crippen molar-refractivity contribution < 1.29 is 19.1 Å². The van der Waals surface area contributed by atoms with Gasteiger partial charge >= 0.3 is 5.97 Å². The number of benzene rings is 1. The Morgan fingerprint density at radius 2 is 1.95 bits per heavy atom. The lowest BCUT2D eigenvalue weighted by Gasteiger charge is -2.20. The maximum atomic E-state index is 12.1. The van der Waals surface area contributed by atoms with E-state index in [1.54, 1.807) is 38.1 Å². The summed E-state index contributed by atoms with van der Waals surface area (Å²) in [5.74, 6) is 0.175. The van der Waals surface area contributed by atoms with Gasteiger partial charge in [-0.05, 0) is 51.5 Å². The van der Waals surface area contributed by atoms with E-state index in [0.29, 0.717) is 22.4 Å². The number of fused-ring (bicyclic) bond motifs is 1. The quantitative estimate of drug-likeness (QED) is 0.367. The first kappa shape index (κ1) is 16.0. The zero-order valence-corrected chi connectivity index (χ0v) is 13.3. The summed E-state index contributed by atoms with van der Waals surface area (Å²) >= 11 is 0. The Kier molecular flexibility index (Phi) is 4.50. The monoisotopic (exact) mass is 300 g/mol. The van der Waals surface area contributed by atoms with Crippen molar-refractivity contribution in [3.63, 3.8) is 0 Å². The molecule has 0 N–H and O–H groups in total. The van der Waals surface area contributed by atoms with Gasteiger partial charge in [0.15, 0.2) is 18.0 Å². The summed E-state index contributed by atoms with van der Waals surface area (Å²) in [7, 11) is 0. The number of ether oxygens (including phenoxy) is 2. The Morgan fingerprint density at radius 1 is 1.27 bits per heavy atom. The number of hydrogen-bond donors (Lipinski definition) is 0. The van der Waals surface area contributed by atoms with Gasteiger partial charge in [0.1, 0.15) is 5.75 Å². The van der Waals surface area contributed by atoms with Crippen LogP contribution in [0.3, 0.4) is 0 Å². The summed E-state index contributed by atoms with van der Waals surface area (Å²) in [5.41, 5.74) is 2.56. The van der Waals surface area contributed by atoms with E-state index in [9.17, 15) is 9.59 Å². The second-order valence-electron chi connectivity index (χ2n) is 5.49. The Morgan fingerprint density at radius 3 is 2.50 bits per heavy atom. The number of Topliss-reactive ketones (excluding diaryl/α,β-unsaturated/α-hetero) is 1. The summed E-state index contributed by atoms with van der Waals surface area (Å²) < 4.78 is 11.4. The maximum absolute atomic E-state index is 12.1. The van der Waals surface area contributed by atoms with Crippen molar-refractivity contribution in [2.45, 2.75) is 39.9 Å². The summed E-state index contributed by atoms with van der Waals surface area (Å²) in [4.78, 5) is 23.7. The van der Waals surface area contributed by atoms with Crippen molar-refractivity contribution >= 4 is 11.8 Å². The minimum atomic E-state index is -0.589. The van der Waals surface area contributed by atoms with Crippen LogP contribution in [0.15, 0.2) is 42.0 Å². The van der Waals surface area contributed by atoms with Crippen LogP contribution < -0.4 is 4.74 Å². The molecule has 1 aromatic rings. The van der Waals surface area contributed by atoms with Gasteiger partial charge in [-0.15, -0.1) is 0 Å². The first-order valence-corrected chi connectivity index (χ1v) is 7.16. The highest BCUT2D eigenvalue weighted by Crippen LogP contribution is 2.42. The van der Waals surface area contributed by atoms with Gasteiger partial charge in [0, 0.05) is 16.7 Å². The minimum absolute atomic E-state index is 0.0451. The molecular weight excluding hydrogens is 280 g/mol. The van der Waals surface area contributed by atoms with E-state index in [1.165, 1.54) is 6.92 Å². The molecular formula is C18H20O4. The number of hydrogen-bond acceptors (Lipinski definition) is 4. The van der Waals surface area contributed by atoms with E-state index in [4.69, 9.17) is 9.47 Å². The third kappa shape index (κ3) is 2.96. The van der Waals surface area contributed by atoms with Crippen molar-refractivity contribution in [3.8, 4) is 5.75 Å². The molecule has 0 radical (unpaired) electrons. The SMILES string of the molecule is C=C(C)[C@@H]1Oc2ccc(C(C)=O)cc2[C@@H]1OC(=O)C(C)=CC. The molecule has 4 heteroatoms. The zero-order valence-electron chi connectivity index (χ0n) is 13.3. The highest BCUT2D eigenvalue weighted by molar-refractivity contribution is 5.94. The third-order valence-electron chi connectivity index (χ3n) is 3.73. The molecule has 1 aliphatic rings. The predicted octanol–water partition coefficient (Wildman–Crippen LogP) is 3.78. The molecule has 22 heavy (non-hydrogen) atoms. The van der Waals surface area contributed by atoms with Crippen LogP contribution in [0.2, 0.25) is 0 Å². The van der Waals surface area contributed by atoms with Crippen molar-refractivity contribution in [1.29, 1.82) is 0 Å². The Balaban J connectivity index is 2.41. The number of carbonyl (C=O) groups excluding carboxylic acids is 2. The molecule has 0 saturated heterocycles. The molecule has 0 fully saturated rings. The first-order chi connectivity index (χ1) is 10.3. The van der Waals surface area contributed by atoms with Crippen molar-refractivity contribution in [2.24, 2.45) is 0 Å². The van der Waals surface area contributed by atoms with Crippen LogP contribution in [0, 0.1) is 0 Å². The highest BCUT2D eigenvalue weighted by Gasteiger charge is 2.38. The molecule has 116 valence electrons. The lowest BCUT2D eigenvalue weighted by Crippen LogP contribution is -2.24. The highest BCUT2D eigenvalue weighted by atomic mass is 16.6. The standard InChI is InChI=1S/C18H20O4/c1-6-11(4)18(20)22-17-14-9-13(12(5)19)7-8-15(14)21-16(17)10(2)3/h6-9,16-17H,2H2,1,3-5H3/t16-,17-/m0/s1. The van der Waals surface area contributed by atoms with E-state index in [2.05, 4.69) is 6.58 Å². The molecule has 0 spiro atoms. The van der Waals surface area contributed by atoms with E-state index in [-0.39, 0.29) is 5.78 Å². The molecule has 4 nitrogen and oxygen atoms in total. The minimum Gasteiger partial charge on any atom is -0.481 e. The summed E-state index contributed by atoms with van der Waals surface area (Å²) in [6.45, 7) is 10.7. The Bertz CT molecular complexity index is 670. The fourth-order valence-electron chi connectivity index (χ4n) is 2.27. The fourth-order valence-corrected chi connectivity index (χ4v) is 2.27. The summed E-state index contributed by atoms with van der Waals surface area (Å²) in [6, 6.07) is 5.17. The zero-order chi connectivity index (χ0) is 16.4. The molecule has 2 atom stereocenters. The fraction of sp³-hybridized carbons (Fsp3) is 0.333. The molecule has 0 bridgehead atoms. The first-order valence-electron chi connectivity index (χ1n) is 7.16. The molecule has 2 rings (SSSR count).